The van der Waals surface area contributed by atoms with Crippen molar-refractivity contribution < 1.29 is 28.3 Å². The number of carbonyl (C=O) groups is 3. The van der Waals surface area contributed by atoms with Gasteiger partial charge in [0, 0.05) is 0 Å². The Hall–Kier alpha value is -4.49. The highest BCUT2D eigenvalue weighted by Gasteiger charge is 2.28. The minimum atomic E-state index is -1.15. The number of fused-ring (bicyclic) bond motifs is 1. The van der Waals surface area contributed by atoms with Crippen LogP contribution in [0.2, 0.25) is 0 Å². The third kappa shape index (κ3) is 5.22. The number of nitrogens with zero attached hydrogens (tertiary/aromatic N) is 2. The fraction of sp³-hybridized carbons (Fsp3) is 0.222. The number of hydrogen-bond acceptors (Lipinski definition) is 9. The molecule has 2 heterocycles. The van der Waals surface area contributed by atoms with Gasteiger partial charge in [-0.25, -0.2) is 14.6 Å². The molecule has 4 rings (SSSR count). The standard InChI is InChI=1S/C27H23N3O6S/c1-4-20(23(31)30-25-18(14-28)15(3)22(37-25)27(33)34-5-2)36-26(32)17-11-7-6-10-16(17)24-29-19-12-8-9-13-21(19)35-24/h6-13,20H,4-5H2,1-3H3,(H,30,31). The van der Waals surface area contributed by atoms with Gasteiger partial charge in [-0.2, -0.15) is 5.26 Å². The van der Waals surface area contributed by atoms with Gasteiger partial charge in [0.25, 0.3) is 5.91 Å². The fourth-order valence-electron chi connectivity index (χ4n) is 3.67. The Kier molecular flexibility index (Phi) is 7.65. The van der Waals surface area contributed by atoms with Gasteiger partial charge in [-0.05, 0) is 50.1 Å². The second kappa shape index (κ2) is 11.1. The van der Waals surface area contributed by atoms with E-state index >= 15 is 0 Å². The van der Waals surface area contributed by atoms with Crippen molar-refractivity contribution in [3.63, 3.8) is 0 Å². The van der Waals surface area contributed by atoms with E-state index < -0.39 is 23.9 Å². The van der Waals surface area contributed by atoms with Crippen LogP contribution < -0.4 is 5.32 Å². The molecule has 0 aliphatic rings. The summed E-state index contributed by atoms with van der Waals surface area (Å²) < 4.78 is 16.4. The smallest absolute Gasteiger partial charge is 0.348 e. The summed E-state index contributed by atoms with van der Waals surface area (Å²) in [5.74, 6) is -1.67. The molecule has 0 aliphatic heterocycles. The molecule has 2 aromatic carbocycles. The first-order valence-electron chi connectivity index (χ1n) is 11.5. The summed E-state index contributed by atoms with van der Waals surface area (Å²) in [6.45, 7) is 5.16. The molecular formula is C27H23N3O6S. The second-order valence-corrected chi connectivity index (χ2v) is 8.94. The van der Waals surface area contributed by atoms with Gasteiger partial charge in [-0.15, -0.1) is 11.3 Å². The van der Waals surface area contributed by atoms with Crippen molar-refractivity contribution in [2.45, 2.75) is 33.3 Å². The monoisotopic (exact) mass is 517 g/mol. The number of amides is 1. The van der Waals surface area contributed by atoms with E-state index in [1.165, 1.54) is 0 Å². The highest BCUT2D eigenvalue weighted by atomic mass is 32.1. The topological polar surface area (TPSA) is 132 Å². The average molecular weight is 518 g/mol. The first-order chi connectivity index (χ1) is 17.9. The number of hydrogen-bond donors (Lipinski definition) is 1. The van der Waals surface area contributed by atoms with Gasteiger partial charge < -0.3 is 19.2 Å². The van der Waals surface area contributed by atoms with Gasteiger partial charge in [-0.1, -0.05) is 31.2 Å². The van der Waals surface area contributed by atoms with Crippen LogP contribution in [0.1, 0.15) is 51.4 Å². The summed E-state index contributed by atoms with van der Waals surface area (Å²) >= 11 is 0.942. The molecule has 9 nitrogen and oxygen atoms in total. The lowest BCUT2D eigenvalue weighted by molar-refractivity contribution is -0.124. The molecule has 0 aliphatic carbocycles. The summed E-state index contributed by atoms with van der Waals surface area (Å²) in [7, 11) is 0. The average Bonchev–Trinajstić information content (AvgIpc) is 3.47. The molecular weight excluding hydrogens is 494 g/mol. The van der Waals surface area contributed by atoms with Crippen molar-refractivity contribution in [2.75, 3.05) is 11.9 Å². The Labute approximate surface area is 216 Å². The van der Waals surface area contributed by atoms with Crippen molar-refractivity contribution >= 4 is 45.3 Å². The third-order valence-electron chi connectivity index (χ3n) is 5.54. The zero-order valence-electron chi connectivity index (χ0n) is 20.4. The van der Waals surface area contributed by atoms with Crippen LogP contribution in [0, 0.1) is 18.3 Å². The number of oxazole rings is 1. The number of rotatable bonds is 8. The lowest BCUT2D eigenvalue weighted by Gasteiger charge is -2.16. The van der Waals surface area contributed by atoms with E-state index in [-0.39, 0.29) is 39.9 Å². The third-order valence-corrected chi connectivity index (χ3v) is 6.73. The highest BCUT2D eigenvalue weighted by molar-refractivity contribution is 7.18. The number of benzene rings is 2. The molecule has 0 radical (unpaired) electrons. The second-order valence-electron chi connectivity index (χ2n) is 7.92. The summed E-state index contributed by atoms with van der Waals surface area (Å²) in [6.07, 6.45) is -0.969. The van der Waals surface area contributed by atoms with Crippen LogP contribution >= 0.6 is 11.3 Å². The Morgan fingerprint density at radius 2 is 1.84 bits per heavy atom. The molecule has 1 N–H and O–H groups in total. The van der Waals surface area contributed by atoms with Crippen LogP contribution in [0.3, 0.4) is 0 Å². The number of esters is 2. The van der Waals surface area contributed by atoms with Crippen LogP contribution in [0.4, 0.5) is 5.00 Å². The number of anilines is 1. The predicted octanol–water partition coefficient (Wildman–Crippen LogP) is 5.49. The Morgan fingerprint density at radius 1 is 1.11 bits per heavy atom. The Morgan fingerprint density at radius 3 is 2.54 bits per heavy atom. The molecule has 1 atom stereocenters. The number of ether oxygens (including phenoxy) is 2. The van der Waals surface area contributed by atoms with Crippen molar-refractivity contribution in [3.8, 4) is 17.5 Å². The van der Waals surface area contributed by atoms with E-state index in [1.807, 2.05) is 18.2 Å². The van der Waals surface area contributed by atoms with Gasteiger partial charge in [0.2, 0.25) is 5.89 Å². The zero-order valence-corrected chi connectivity index (χ0v) is 21.2. The molecule has 0 spiro atoms. The van der Waals surface area contributed by atoms with Crippen LogP contribution in [-0.2, 0) is 14.3 Å². The van der Waals surface area contributed by atoms with E-state index in [4.69, 9.17) is 13.9 Å². The molecule has 0 fully saturated rings. The Balaban J connectivity index is 1.55. The first-order valence-corrected chi connectivity index (χ1v) is 12.4. The SMILES string of the molecule is CCOC(=O)c1sc(NC(=O)C(CC)OC(=O)c2ccccc2-c2nc3ccccc3o2)c(C#N)c1C. The largest absolute Gasteiger partial charge is 0.462 e. The maximum absolute atomic E-state index is 13.1. The zero-order chi connectivity index (χ0) is 26.5. The van der Waals surface area contributed by atoms with Crippen molar-refractivity contribution in [1.29, 1.82) is 5.26 Å². The van der Waals surface area contributed by atoms with E-state index in [0.717, 1.165) is 11.3 Å². The minimum absolute atomic E-state index is 0.156. The van der Waals surface area contributed by atoms with Gasteiger partial charge >= 0.3 is 11.9 Å². The molecule has 188 valence electrons. The number of thiophene rings is 1. The minimum Gasteiger partial charge on any atom is -0.462 e. The van der Waals surface area contributed by atoms with E-state index in [0.29, 0.717) is 22.2 Å². The van der Waals surface area contributed by atoms with Crippen molar-refractivity contribution in [2.24, 2.45) is 0 Å². The molecule has 2 aromatic heterocycles. The molecule has 1 unspecified atom stereocenters. The number of nitriles is 1. The summed E-state index contributed by atoms with van der Waals surface area (Å²) in [5.41, 5.74) is 2.41. The maximum Gasteiger partial charge on any atom is 0.348 e. The predicted molar refractivity (Wildman–Crippen MR) is 137 cm³/mol. The molecule has 4 aromatic rings. The van der Waals surface area contributed by atoms with Crippen LogP contribution in [0.5, 0.6) is 0 Å². The number of nitrogens with one attached hydrogen (secondary N) is 1. The van der Waals surface area contributed by atoms with E-state index in [1.54, 1.807) is 57.2 Å². The summed E-state index contributed by atoms with van der Waals surface area (Å²) in [5, 5.41) is 12.4. The lowest BCUT2D eigenvalue weighted by atomic mass is 10.1. The lowest BCUT2D eigenvalue weighted by Crippen LogP contribution is -2.32. The highest BCUT2D eigenvalue weighted by Crippen LogP contribution is 2.33. The van der Waals surface area contributed by atoms with E-state index in [2.05, 4.69) is 10.3 Å². The molecule has 0 saturated carbocycles. The number of aromatic nitrogens is 1. The molecule has 0 saturated heterocycles. The van der Waals surface area contributed by atoms with Crippen LogP contribution in [0.15, 0.2) is 52.9 Å². The van der Waals surface area contributed by atoms with E-state index in [9.17, 15) is 19.6 Å². The van der Waals surface area contributed by atoms with Gasteiger partial charge in [-0.3, -0.25) is 4.79 Å². The summed E-state index contributed by atoms with van der Waals surface area (Å²) in [4.78, 5) is 43.1. The number of para-hydroxylation sites is 2. The molecule has 10 heteroatoms. The van der Waals surface area contributed by atoms with Crippen molar-refractivity contribution in [1.82, 2.24) is 4.98 Å². The molecule has 37 heavy (non-hydrogen) atoms. The summed E-state index contributed by atoms with van der Waals surface area (Å²) in [6, 6.07) is 15.9. The van der Waals surface area contributed by atoms with Crippen LogP contribution in [-0.4, -0.2) is 35.5 Å². The van der Waals surface area contributed by atoms with Gasteiger partial charge in [0.15, 0.2) is 11.7 Å². The maximum atomic E-state index is 13.1. The quantitative estimate of drug-likeness (QED) is 0.304. The van der Waals surface area contributed by atoms with Gasteiger partial charge in [0.1, 0.15) is 21.5 Å². The van der Waals surface area contributed by atoms with Crippen LogP contribution in [0.25, 0.3) is 22.6 Å². The normalized spacial score (nSPS) is 11.5. The fourth-order valence-corrected chi connectivity index (χ4v) is 4.72. The number of carbonyl (C=O) groups excluding carboxylic acids is 3. The Bertz CT molecular complexity index is 1500. The van der Waals surface area contributed by atoms with Crippen molar-refractivity contribution in [3.05, 3.63) is 70.1 Å². The molecule has 0 bridgehead atoms. The first kappa shape index (κ1) is 25.6. The van der Waals surface area contributed by atoms with Gasteiger partial charge in [0.05, 0.1) is 23.3 Å². The molecule has 1 amide bonds.